The summed E-state index contributed by atoms with van der Waals surface area (Å²) in [6, 6.07) is 6.67. The average molecular weight is 219 g/mol. The second-order valence-electron chi connectivity index (χ2n) is 4.55. The molecule has 0 radical (unpaired) electrons. The van der Waals surface area contributed by atoms with Gasteiger partial charge in [-0.1, -0.05) is 19.4 Å². The highest BCUT2D eigenvalue weighted by atomic mass is 16.3. The van der Waals surface area contributed by atoms with Gasteiger partial charge in [0.25, 0.3) is 0 Å². The van der Waals surface area contributed by atoms with Crippen molar-refractivity contribution in [2.24, 2.45) is 11.8 Å². The molecule has 1 aliphatic carbocycles. The summed E-state index contributed by atoms with van der Waals surface area (Å²) in [4.78, 5) is 11.9. The summed E-state index contributed by atoms with van der Waals surface area (Å²) in [6.07, 6.45) is 3.25. The van der Waals surface area contributed by atoms with Crippen LogP contribution in [0.2, 0.25) is 0 Å². The molecule has 0 spiro atoms. The molecular weight excluding hydrogens is 202 g/mol. The minimum absolute atomic E-state index is 0.0793. The van der Waals surface area contributed by atoms with Crippen LogP contribution in [0, 0.1) is 11.8 Å². The molecule has 1 aliphatic rings. The van der Waals surface area contributed by atoms with Crippen LogP contribution in [0.15, 0.2) is 24.3 Å². The molecule has 0 aromatic heterocycles. The summed E-state index contributed by atoms with van der Waals surface area (Å²) < 4.78 is 0. The largest absolute Gasteiger partial charge is 0.508 e. The molecule has 86 valence electrons. The first-order chi connectivity index (χ1) is 7.66. The lowest BCUT2D eigenvalue weighted by Crippen LogP contribution is -2.24. The molecule has 2 atom stereocenters. The van der Waals surface area contributed by atoms with Gasteiger partial charge in [0.2, 0.25) is 5.91 Å². The lowest BCUT2D eigenvalue weighted by molar-refractivity contribution is -0.120. The first-order valence-corrected chi connectivity index (χ1v) is 5.76. The second-order valence-corrected chi connectivity index (χ2v) is 4.55. The average Bonchev–Trinajstić information content (AvgIpc) is 2.64. The molecule has 16 heavy (non-hydrogen) atoms. The van der Waals surface area contributed by atoms with Crippen LogP contribution in [0.1, 0.15) is 26.2 Å². The van der Waals surface area contributed by atoms with Crippen molar-refractivity contribution in [1.29, 1.82) is 0 Å². The minimum Gasteiger partial charge on any atom is -0.508 e. The Balaban J connectivity index is 2.02. The molecule has 2 unspecified atom stereocenters. The van der Waals surface area contributed by atoms with E-state index in [1.54, 1.807) is 24.3 Å². The van der Waals surface area contributed by atoms with E-state index in [0.29, 0.717) is 11.6 Å². The van der Waals surface area contributed by atoms with Crippen molar-refractivity contribution in [2.75, 3.05) is 5.32 Å². The Morgan fingerprint density at radius 1 is 1.44 bits per heavy atom. The van der Waals surface area contributed by atoms with Crippen LogP contribution in [0.3, 0.4) is 0 Å². The van der Waals surface area contributed by atoms with Gasteiger partial charge in [-0.05, 0) is 30.9 Å². The van der Waals surface area contributed by atoms with E-state index in [4.69, 9.17) is 0 Å². The van der Waals surface area contributed by atoms with Crippen LogP contribution < -0.4 is 5.32 Å². The number of nitrogens with one attached hydrogen (secondary N) is 1. The van der Waals surface area contributed by atoms with Crippen molar-refractivity contribution in [3.8, 4) is 5.75 Å². The Hall–Kier alpha value is -1.51. The third-order valence-corrected chi connectivity index (χ3v) is 3.31. The molecule has 0 bridgehead atoms. The highest BCUT2D eigenvalue weighted by Gasteiger charge is 2.29. The van der Waals surface area contributed by atoms with Gasteiger partial charge >= 0.3 is 0 Å². The number of aromatic hydroxyl groups is 1. The van der Waals surface area contributed by atoms with E-state index in [-0.39, 0.29) is 17.6 Å². The van der Waals surface area contributed by atoms with Crippen molar-refractivity contribution < 1.29 is 9.90 Å². The number of amides is 1. The van der Waals surface area contributed by atoms with E-state index in [9.17, 15) is 9.90 Å². The Bertz CT molecular complexity index is 389. The van der Waals surface area contributed by atoms with Gasteiger partial charge in [0.15, 0.2) is 0 Å². The molecule has 0 saturated heterocycles. The van der Waals surface area contributed by atoms with Gasteiger partial charge in [0.1, 0.15) is 5.75 Å². The second kappa shape index (κ2) is 4.56. The van der Waals surface area contributed by atoms with Crippen molar-refractivity contribution >= 4 is 11.6 Å². The lowest BCUT2D eigenvalue weighted by atomic mass is 9.97. The van der Waals surface area contributed by atoms with Crippen molar-refractivity contribution in [3.63, 3.8) is 0 Å². The van der Waals surface area contributed by atoms with Crippen LogP contribution in [0.4, 0.5) is 5.69 Å². The zero-order valence-corrected chi connectivity index (χ0v) is 9.44. The Labute approximate surface area is 95.5 Å². The molecule has 1 amide bonds. The van der Waals surface area contributed by atoms with Crippen LogP contribution in [-0.2, 0) is 4.79 Å². The standard InChI is InChI=1S/C13H17NO2/c1-9-4-2-7-12(9)13(16)14-10-5-3-6-11(15)8-10/h3,5-6,8-9,12,15H,2,4,7H2,1H3,(H,14,16). The number of hydrogen-bond donors (Lipinski definition) is 2. The third kappa shape index (κ3) is 2.35. The first kappa shape index (κ1) is 11.0. The normalized spacial score (nSPS) is 24.3. The van der Waals surface area contributed by atoms with E-state index < -0.39 is 0 Å². The number of carbonyl (C=O) groups is 1. The van der Waals surface area contributed by atoms with Gasteiger partial charge in [-0.25, -0.2) is 0 Å². The van der Waals surface area contributed by atoms with Gasteiger partial charge in [0, 0.05) is 17.7 Å². The molecule has 0 aliphatic heterocycles. The summed E-state index contributed by atoms with van der Waals surface area (Å²) in [5.74, 6) is 0.854. The number of rotatable bonds is 2. The summed E-state index contributed by atoms with van der Waals surface area (Å²) in [6.45, 7) is 2.12. The van der Waals surface area contributed by atoms with E-state index >= 15 is 0 Å². The predicted octanol–water partition coefficient (Wildman–Crippen LogP) is 2.77. The van der Waals surface area contributed by atoms with E-state index in [0.717, 1.165) is 19.3 Å². The van der Waals surface area contributed by atoms with E-state index in [1.807, 2.05) is 0 Å². The highest BCUT2D eigenvalue weighted by Crippen LogP contribution is 2.32. The van der Waals surface area contributed by atoms with Gasteiger partial charge in [-0.3, -0.25) is 4.79 Å². The fourth-order valence-corrected chi connectivity index (χ4v) is 2.35. The molecule has 1 aromatic rings. The Morgan fingerprint density at radius 3 is 2.88 bits per heavy atom. The molecular formula is C13H17NO2. The Kier molecular flexibility index (Phi) is 3.13. The number of benzene rings is 1. The maximum Gasteiger partial charge on any atom is 0.227 e. The molecule has 2 rings (SSSR count). The quantitative estimate of drug-likeness (QED) is 0.803. The van der Waals surface area contributed by atoms with Gasteiger partial charge in [0.05, 0.1) is 0 Å². The van der Waals surface area contributed by atoms with Crippen LogP contribution in [0.25, 0.3) is 0 Å². The maximum absolute atomic E-state index is 11.9. The molecule has 2 N–H and O–H groups in total. The Morgan fingerprint density at radius 2 is 2.25 bits per heavy atom. The third-order valence-electron chi connectivity index (χ3n) is 3.31. The summed E-state index contributed by atoms with van der Waals surface area (Å²) in [5.41, 5.74) is 0.670. The van der Waals surface area contributed by atoms with E-state index in [2.05, 4.69) is 12.2 Å². The molecule has 0 heterocycles. The van der Waals surface area contributed by atoms with Crippen LogP contribution >= 0.6 is 0 Å². The fourth-order valence-electron chi connectivity index (χ4n) is 2.35. The van der Waals surface area contributed by atoms with Gasteiger partial charge in [-0.2, -0.15) is 0 Å². The maximum atomic E-state index is 11.9. The zero-order valence-electron chi connectivity index (χ0n) is 9.44. The van der Waals surface area contributed by atoms with Crippen LogP contribution in [-0.4, -0.2) is 11.0 Å². The van der Waals surface area contributed by atoms with Crippen molar-refractivity contribution in [2.45, 2.75) is 26.2 Å². The summed E-state index contributed by atoms with van der Waals surface area (Å²) in [7, 11) is 0. The topological polar surface area (TPSA) is 49.3 Å². The number of anilines is 1. The smallest absolute Gasteiger partial charge is 0.227 e. The summed E-state index contributed by atoms with van der Waals surface area (Å²) >= 11 is 0. The van der Waals surface area contributed by atoms with E-state index in [1.165, 1.54) is 0 Å². The van der Waals surface area contributed by atoms with Crippen LogP contribution in [0.5, 0.6) is 5.75 Å². The van der Waals surface area contributed by atoms with Crippen molar-refractivity contribution in [3.05, 3.63) is 24.3 Å². The molecule has 1 saturated carbocycles. The number of phenols is 1. The number of phenolic OH excluding ortho intramolecular Hbond substituents is 1. The SMILES string of the molecule is CC1CCCC1C(=O)Nc1cccc(O)c1. The lowest BCUT2D eigenvalue weighted by Gasteiger charge is -2.15. The predicted molar refractivity (Wildman–Crippen MR) is 63.2 cm³/mol. The van der Waals surface area contributed by atoms with Gasteiger partial charge in [-0.15, -0.1) is 0 Å². The molecule has 3 nitrogen and oxygen atoms in total. The molecule has 3 heteroatoms. The highest BCUT2D eigenvalue weighted by molar-refractivity contribution is 5.93. The zero-order chi connectivity index (χ0) is 11.5. The van der Waals surface area contributed by atoms with Crippen molar-refractivity contribution in [1.82, 2.24) is 0 Å². The number of carbonyl (C=O) groups excluding carboxylic acids is 1. The molecule has 1 fully saturated rings. The van der Waals surface area contributed by atoms with Gasteiger partial charge < -0.3 is 10.4 Å². The number of hydrogen-bond acceptors (Lipinski definition) is 2. The monoisotopic (exact) mass is 219 g/mol. The fraction of sp³-hybridized carbons (Fsp3) is 0.462. The minimum atomic E-state index is 0.0793. The summed E-state index contributed by atoms with van der Waals surface area (Å²) in [5, 5.41) is 12.1. The molecule has 1 aromatic carbocycles. The first-order valence-electron chi connectivity index (χ1n) is 5.76.